The van der Waals surface area contributed by atoms with Crippen LogP contribution in [-0.2, 0) is 11.2 Å². The number of carbonyl (C=O) groups excluding carboxylic acids is 1. The zero-order valence-electron chi connectivity index (χ0n) is 16.6. The number of aryl methyl sites for hydroxylation is 1. The second kappa shape index (κ2) is 8.34. The second-order valence-corrected chi connectivity index (χ2v) is 6.89. The lowest BCUT2D eigenvalue weighted by molar-refractivity contribution is -0.116. The minimum absolute atomic E-state index is 0.121. The predicted octanol–water partition coefficient (Wildman–Crippen LogP) is 2.31. The van der Waals surface area contributed by atoms with Gasteiger partial charge in [0.2, 0.25) is 5.91 Å². The first-order chi connectivity index (χ1) is 14.2. The van der Waals surface area contributed by atoms with Crippen molar-refractivity contribution in [2.45, 2.75) is 25.7 Å². The maximum Gasteiger partial charge on any atom is 0.224 e. The van der Waals surface area contributed by atoms with Gasteiger partial charge in [-0.25, -0.2) is 0 Å². The summed E-state index contributed by atoms with van der Waals surface area (Å²) in [5.41, 5.74) is 1.33. The Balaban J connectivity index is 1.42. The number of aromatic nitrogens is 4. The van der Waals surface area contributed by atoms with Gasteiger partial charge in [0.25, 0.3) is 0 Å². The molecule has 2 aromatic heterocycles. The summed E-state index contributed by atoms with van der Waals surface area (Å²) in [4.78, 5) is 14.7. The highest BCUT2D eigenvalue weighted by Gasteiger charge is 2.16. The van der Waals surface area contributed by atoms with Crippen LogP contribution in [0.5, 0.6) is 11.5 Å². The molecule has 4 rings (SSSR count). The van der Waals surface area contributed by atoms with Gasteiger partial charge in [0.15, 0.2) is 23.0 Å². The SMILES string of the molecule is COc1ccc(NC(=O)CCc2nnc3ccc(N4CCCC4)nn23)cc1OC. The van der Waals surface area contributed by atoms with Crippen molar-refractivity contribution in [2.24, 2.45) is 0 Å². The van der Waals surface area contributed by atoms with Crippen molar-refractivity contribution in [2.75, 3.05) is 37.5 Å². The van der Waals surface area contributed by atoms with Crippen LogP contribution in [-0.4, -0.2) is 53.0 Å². The highest BCUT2D eigenvalue weighted by molar-refractivity contribution is 5.91. The van der Waals surface area contributed by atoms with E-state index in [2.05, 4.69) is 25.5 Å². The summed E-state index contributed by atoms with van der Waals surface area (Å²) in [7, 11) is 3.13. The largest absolute Gasteiger partial charge is 0.493 e. The number of hydrogen-bond acceptors (Lipinski definition) is 7. The quantitative estimate of drug-likeness (QED) is 0.655. The molecule has 1 N–H and O–H groups in total. The molecule has 0 radical (unpaired) electrons. The number of nitrogens with zero attached hydrogens (tertiary/aromatic N) is 5. The summed E-state index contributed by atoms with van der Waals surface area (Å²) in [5, 5.41) is 15.9. The van der Waals surface area contributed by atoms with Gasteiger partial charge >= 0.3 is 0 Å². The maximum atomic E-state index is 12.4. The van der Waals surface area contributed by atoms with Crippen LogP contribution in [0.4, 0.5) is 11.5 Å². The van der Waals surface area contributed by atoms with E-state index in [1.54, 1.807) is 36.9 Å². The first-order valence-electron chi connectivity index (χ1n) is 9.66. The molecule has 0 saturated carbocycles. The monoisotopic (exact) mass is 396 g/mol. The van der Waals surface area contributed by atoms with Gasteiger partial charge < -0.3 is 19.7 Å². The standard InChI is InChI=1S/C20H24N6O3/c1-28-15-6-5-14(13-16(15)29-2)21-20(27)10-9-18-23-22-17-7-8-19(24-26(17)18)25-11-3-4-12-25/h5-8,13H,3-4,9-12H2,1-2H3,(H,21,27). The van der Waals surface area contributed by atoms with E-state index in [1.165, 1.54) is 12.8 Å². The first kappa shape index (κ1) is 19.0. The van der Waals surface area contributed by atoms with Crippen molar-refractivity contribution in [1.82, 2.24) is 19.8 Å². The molecule has 1 aromatic carbocycles. The molecule has 152 valence electrons. The van der Waals surface area contributed by atoms with E-state index in [4.69, 9.17) is 9.47 Å². The minimum atomic E-state index is -0.121. The number of amides is 1. The molecule has 1 aliphatic rings. The summed E-state index contributed by atoms with van der Waals surface area (Å²) < 4.78 is 12.2. The molecular weight excluding hydrogens is 372 g/mol. The van der Waals surface area contributed by atoms with Gasteiger partial charge in [-0.2, -0.15) is 4.52 Å². The Labute approximate surface area is 168 Å². The fourth-order valence-electron chi connectivity index (χ4n) is 3.46. The van der Waals surface area contributed by atoms with Gasteiger partial charge in [-0.3, -0.25) is 4.79 Å². The average molecular weight is 396 g/mol. The molecule has 29 heavy (non-hydrogen) atoms. The van der Waals surface area contributed by atoms with Gasteiger partial charge in [-0.15, -0.1) is 15.3 Å². The third-order valence-electron chi connectivity index (χ3n) is 4.99. The smallest absolute Gasteiger partial charge is 0.224 e. The number of anilines is 2. The molecule has 0 unspecified atom stereocenters. The van der Waals surface area contributed by atoms with Crippen LogP contribution in [0.25, 0.3) is 5.65 Å². The normalized spacial score (nSPS) is 13.7. The number of fused-ring (bicyclic) bond motifs is 1. The van der Waals surface area contributed by atoms with Crippen molar-refractivity contribution in [3.8, 4) is 11.5 Å². The summed E-state index contributed by atoms with van der Waals surface area (Å²) in [6.07, 6.45) is 3.08. The van der Waals surface area contributed by atoms with E-state index in [0.717, 1.165) is 18.9 Å². The van der Waals surface area contributed by atoms with Gasteiger partial charge in [0, 0.05) is 37.7 Å². The van der Waals surface area contributed by atoms with Crippen LogP contribution in [0.2, 0.25) is 0 Å². The molecule has 1 aliphatic heterocycles. The van der Waals surface area contributed by atoms with E-state index >= 15 is 0 Å². The molecule has 1 amide bonds. The molecular formula is C20H24N6O3. The number of hydrogen-bond donors (Lipinski definition) is 1. The lowest BCUT2D eigenvalue weighted by atomic mass is 10.2. The summed E-state index contributed by atoms with van der Waals surface area (Å²) in [6.45, 7) is 2.04. The van der Waals surface area contributed by atoms with Crippen LogP contribution in [0.15, 0.2) is 30.3 Å². The minimum Gasteiger partial charge on any atom is -0.493 e. The molecule has 0 spiro atoms. The number of benzene rings is 1. The molecule has 9 nitrogen and oxygen atoms in total. The Morgan fingerprint density at radius 1 is 1.07 bits per heavy atom. The molecule has 1 saturated heterocycles. The van der Waals surface area contributed by atoms with Crippen molar-refractivity contribution < 1.29 is 14.3 Å². The Kier molecular flexibility index (Phi) is 5.46. The Bertz CT molecular complexity index is 1010. The highest BCUT2D eigenvalue weighted by atomic mass is 16.5. The number of nitrogens with one attached hydrogen (secondary N) is 1. The third-order valence-corrected chi connectivity index (χ3v) is 4.99. The molecule has 3 heterocycles. The van der Waals surface area contributed by atoms with E-state index in [-0.39, 0.29) is 12.3 Å². The Hall–Kier alpha value is -3.36. The highest BCUT2D eigenvalue weighted by Crippen LogP contribution is 2.29. The summed E-state index contributed by atoms with van der Waals surface area (Å²) in [5.74, 6) is 2.65. The topological polar surface area (TPSA) is 93.9 Å². The molecule has 0 atom stereocenters. The Morgan fingerprint density at radius 3 is 2.62 bits per heavy atom. The zero-order valence-corrected chi connectivity index (χ0v) is 16.6. The summed E-state index contributed by atoms with van der Waals surface area (Å²) >= 11 is 0. The van der Waals surface area contributed by atoms with Gasteiger partial charge in [0.05, 0.1) is 14.2 Å². The van der Waals surface area contributed by atoms with Crippen LogP contribution in [0, 0.1) is 0 Å². The number of rotatable bonds is 7. The van der Waals surface area contributed by atoms with Crippen LogP contribution in [0.3, 0.4) is 0 Å². The molecule has 1 fully saturated rings. The van der Waals surface area contributed by atoms with Gasteiger partial charge in [-0.1, -0.05) is 0 Å². The second-order valence-electron chi connectivity index (χ2n) is 6.89. The number of carbonyl (C=O) groups is 1. The van der Waals surface area contributed by atoms with E-state index in [9.17, 15) is 4.79 Å². The Morgan fingerprint density at radius 2 is 1.86 bits per heavy atom. The molecule has 3 aromatic rings. The zero-order chi connectivity index (χ0) is 20.2. The van der Waals surface area contributed by atoms with Gasteiger partial charge in [0.1, 0.15) is 5.82 Å². The third kappa shape index (κ3) is 4.08. The van der Waals surface area contributed by atoms with Crippen molar-refractivity contribution in [3.05, 3.63) is 36.2 Å². The first-order valence-corrected chi connectivity index (χ1v) is 9.66. The van der Waals surface area contributed by atoms with Crippen molar-refractivity contribution >= 4 is 23.1 Å². The van der Waals surface area contributed by atoms with Crippen molar-refractivity contribution in [1.29, 1.82) is 0 Å². The van der Waals surface area contributed by atoms with Crippen LogP contribution in [0.1, 0.15) is 25.1 Å². The van der Waals surface area contributed by atoms with E-state index in [1.807, 2.05) is 12.1 Å². The summed E-state index contributed by atoms with van der Waals surface area (Å²) in [6, 6.07) is 9.15. The average Bonchev–Trinajstić information content (AvgIpc) is 3.42. The van der Waals surface area contributed by atoms with Crippen LogP contribution < -0.4 is 19.7 Å². The van der Waals surface area contributed by atoms with Crippen molar-refractivity contribution in [3.63, 3.8) is 0 Å². The van der Waals surface area contributed by atoms with E-state index < -0.39 is 0 Å². The van der Waals surface area contributed by atoms with E-state index in [0.29, 0.717) is 35.1 Å². The fourth-order valence-corrected chi connectivity index (χ4v) is 3.46. The number of ether oxygens (including phenoxy) is 2. The maximum absolute atomic E-state index is 12.4. The predicted molar refractivity (Wildman–Crippen MR) is 109 cm³/mol. The molecule has 0 aliphatic carbocycles. The lowest BCUT2D eigenvalue weighted by Gasteiger charge is -2.15. The lowest BCUT2D eigenvalue weighted by Crippen LogP contribution is -2.20. The van der Waals surface area contributed by atoms with Crippen LogP contribution >= 0.6 is 0 Å². The molecule has 0 bridgehead atoms. The molecule has 9 heteroatoms. The fraction of sp³-hybridized carbons (Fsp3) is 0.400. The van der Waals surface area contributed by atoms with Gasteiger partial charge in [-0.05, 0) is 37.1 Å². The number of methoxy groups -OCH3 is 2.